The van der Waals surface area contributed by atoms with Gasteiger partial charge in [0.2, 0.25) is 15.9 Å². The fourth-order valence-electron chi connectivity index (χ4n) is 3.63. The van der Waals surface area contributed by atoms with Crippen molar-refractivity contribution in [1.29, 1.82) is 0 Å². The molecule has 1 amide bonds. The molecular formula is C23H23FN2O4S. The average molecular weight is 443 g/mol. The highest BCUT2D eigenvalue weighted by molar-refractivity contribution is 7.89. The van der Waals surface area contributed by atoms with Crippen molar-refractivity contribution in [2.45, 2.75) is 11.3 Å². The van der Waals surface area contributed by atoms with Crippen LogP contribution in [0.3, 0.4) is 0 Å². The van der Waals surface area contributed by atoms with Gasteiger partial charge in [-0.2, -0.15) is 4.31 Å². The van der Waals surface area contributed by atoms with Gasteiger partial charge in [0.1, 0.15) is 11.6 Å². The molecule has 162 valence electrons. The van der Waals surface area contributed by atoms with Crippen molar-refractivity contribution in [1.82, 2.24) is 9.21 Å². The first-order valence-electron chi connectivity index (χ1n) is 10.1. The lowest BCUT2D eigenvalue weighted by Gasteiger charge is -2.34. The van der Waals surface area contributed by atoms with Crippen molar-refractivity contribution in [3.05, 3.63) is 72.5 Å². The van der Waals surface area contributed by atoms with Gasteiger partial charge in [0.05, 0.1) is 17.9 Å². The molecule has 0 bridgehead atoms. The number of hydrogen-bond donors (Lipinski definition) is 0. The second-order valence-corrected chi connectivity index (χ2v) is 9.29. The van der Waals surface area contributed by atoms with E-state index < -0.39 is 15.8 Å². The Morgan fingerprint density at radius 1 is 0.903 bits per heavy atom. The minimum atomic E-state index is -3.62. The number of hydrogen-bond acceptors (Lipinski definition) is 4. The van der Waals surface area contributed by atoms with Crippen molar-refractivity contribution >= 4 is 26.7 Å². The molecule has 0 aromatic heterocycles. The second kappa shape index (κ2) is 9.03. The number of amides is 1. The number of carbonyl (C=O) groups excluding carboxylic acids is 1. The number of halogens is 1. The van der Waals surface area contributed by atoms with E-state index in [-0.39, 0.29) is 36.9 Å². The Labute approximate surface area is 180 Å². The standard InChI is InChI=1S/C23H23FN2O4S/c24-20-6-3-7-21(17-20)30-15-10-23(27)25-11-13-26(14-12-25)31(28,29)22-9-8-18-4-1-2-5-19(18)16-22/h1-9,16-17H,10-15H2. The quantitative estimate of drug-likeness (QED) is 0.588. The van der Waals surface area contributed by atoms with E-state index in [9.17, 15) is 17.6 Å². The monoisotopic (exact) mass is 442 g/mol. The number of sulfonamides is 1. The van der Waals surface area contributed by atoms with Gasteiger partial charge in [-0.15, -0.1) is 0 Å². The van der Waals surface area contributed by atoms with Gasteiger partial charge in [-0.3, -0.25) is 4.79 Å². The molecule has 3 aromatic carbocycles. The third kappa shape index (κ3) is 4.86. The zero-order valence-corrected chi connectivity index (χ0v) is 17.7. The lowest BCUT2D eigenvalue weighted by Crippen LogP contribution is -2.50. The SMILES string of the molecule is O=C(CCOc1cccc(F)c1)N1CCN(S(=O)(=O)c2ccc3ccccc3c2)CC1. The van der Waals surface area contributed by atoms with Gasteiger partial charge in [-0.25, -0.2) is 12.8 Å². The molecule has 1 fully saturated rings. The smallest absolute Gasteiger partial charge is 0.243 e. The Morgan fingerprint density at radius 3 is 2.39 bits per heavy atom. The molecule has 0 unspecified atom stereocenters. The van der Waals surface area contributed by atoms with Crippen molar-refractivity contribution in [2.24, 2.45) is 0 Å². The minimum absolute atomic E-state index is 0.112. The Balaban J connectivity index is 1.32. The van der Waals surface area contributed by atoms with Crippen LogP contribution in [0.25, 0.3) is 10.8 Å². The minimum Gasteiger partial charge on any atom is -0.493 e. The van der Waals surface area contributed by atoms with Crippen LogP contribution >= 0.6 is 0 Å². The lowest BCUT2D eigenvalue weighted by atomic mass is 10.1. The summed E-state index contributed by atoms with van der Waals surface area (Å²) in [4.78, 5) is 14.3. The Kier molecular flexibility index (Phi) is 6.20. The van der Waals surface area contributed by atoms with Crippen LogP contribution in [0.5, 0.6) is 5.75 Å². The molecule has 1 aliphatic heterocycles. The molecule has 3 aromatic rings. The molecule has 31 heavy (non-hydrogen) atoms. The fraction of sp³-hybridized carbons (Fsp3) is 0.261. The summed E-state index contributed by atoms with van der Waals surface area (Å²) in [6.07, 6.45) is 0.147. The third-order valence-corrected chi connectivity index (χ3v) is 7.23. The summed E-state index contributed by atoms with van der Waals surface area (Å²) < 4.78 is 46.1. The maximum absolute atomic E-state index is 13.2. The molecule has 0 aliphatic carbocycles. The van der Waals surface area contributed by atoms with Crippen LogP contribution in [0.2, 0.25) is 0 Å². The number of nitrogens with zero attached hydrogens (tertiary/aromatic N) is 2. The molecule has 1 saturated heterocycles. The first-order valence-corrected chi connectivity index (χ1v) is 11.5. The number of fused-ring (bicyclic) bond motifs is 1. The van der Waals surface area contributed by atoms with Gasteiger partial charge >= 0.3 is 0 Å². The Morgan fingerprint density at radius 2 is 1.65 bits per heavy atom. The summed E-state index contributed by atoms with van der Waals surface area (Å²) in [5, 5.41) is 1.85. The molecule has 1 aliphatic rings. The molecule has 0 atom stereocenters. The van der Waals surface area contributed by atoms with Crippen LogP contribution in [0.1, 0.15) is 6.42 Å². The molecule has 0 spiro atoms. The molecule has 4 rings (SSSR count). The van der Waals surface area contributed by atoms with E-state index in [1.807, 2.05) is 24.3 Å². The van der Waals surface area contributed by atoms with Crippen LogP contribution in [0.15, 0.2) is 71.6 Å². The van der Waals surface area contributed by atoms with Crippen LogP contribution < -0.4 is 4.74 Å². The molecule has 0 radical (unpaired) electrons. The zero-order valence-electron chi connectivity index (χ0n) is 16.9. The van der Waals surface area contributed by atoms with E-state index in [4.69, 9.17) is 4.74 Å². The van der Waals surface area contributed by atoms with Crippen LogP contribution in [0, 0.1) is 5.82 Å². The first-order chi connectivity index (χ1) is 14.9. The second-order valence-electron chi connectivity index (χ2n) is 7.35. The summed E-state index contributed by atoms with van der Waals surface area (Å²) in [5.74, 6) is -0.133. The molecule has 8 heteroatoms. The van der Waals surface area contributed by atoms with Crippen LogP contribution in [0.4, 0.5) is 4.39 Å². The largest absolute Gasteiger partial charge is 0.493 e. The van der Waals surface area contributed by atoms with Gasteiger partial charge in [0.15, 0.2) is 0 Å². The van der Waals surface area contributed by atoms with Crippen LogP contribution in [-0.2, 0) is 14.8 Å². The first kappa shape index (κ1) is 21.3. The van der Waals surface area contributed by atoms with Gasteiger partial charge < -0.3 is 9.64 Å². The number of carbonyl (C=O) groups is 1. The van der Waals surface area contributed by atoms with Gasteiger partial charge in [0, 0.05) is 32.2 Å². The Hall–Kier alpha value is -2.97. The third-order valence-electron chi connectivity index (χ3n) is 5.33. The van der Waals surface area contributed by atoms with Crippen molar-refractivity contribution in [2.75, 3.05) is 32.8 Å². The summed E-state index contributed by atoms with van der Waals surface area (Å²) in [7, 11) is -3.62. The average Bonchev–Trinajstić information content (AvgIpc) is 2.79. The topological polar surface area (TPSA) is 66.9 Å². The van der Waals surface area contributed by atoms with Gasteiger partial charge in [-0.05, 0) is 35.0 Å². The van der Waals surface area contributed by atoms with Gasteiger partial charge in [-0.1, -0.05) is 36.4 Å². The van der Waals surface area contributed by atoms with Gasteiger partial charge in [0.25, 0.3) is 0 Å². The van der Waals surface area contributed by atoms with Crippen molar-refractivity contribution in [3.63, 3.8) is 0 Å². The highest BCUT2D eigenvalue weighted by Crippen LogP contribution is 2.23. The molecule has 6 nitrogen and oxygen atoms in total. The summed E-state index contributed by atoms with van der Waals surface area (Å²) in [5.41, 5.74) is 0. The van der Waals surface area contributed by atoms with E-state index in [2.05, 4.69) is 0 Å². The predicted molar refractivity (Wildman–Crippen MR) is 116 cm³/mol. The summed E-state index contributed by atoms with van der Waals surface area (Å²) in [6.45, 7) is 1.27. The summed E-state index contributed by atoms with van der Waals surface area (Å²) >= 11 is 0. The maximum atomic E-state index is 13.2. The van der Waals surface area contributed by atoms with E-state index in [0.717, 1.165) is 10.8 Å². The normalized spacial score (nSPS) is 15.2. The zero-order chi connectivity index (χ0) is 21.8. The van der Waals surface area contributed by atoms with Crippen LogP contribution in [-0.4, -0.2) is 56.3 Å². The number of rotatable bonds is 6. The molecule has 0 N–H and O–H groups in total. The lowest BCUT2D eigenvalue weighted by molar-refractivity contribution is -0.132. The fourth-order valence-corrected chi connectivity index (χ4v) is 5.08. The molecular weight excluding hydrogens is 419 g/mol. The molecule has 1 heterocycles. The molecule has 0 saturated carbocycles. The maximum Gasteiger partial charge on any atom is 0.243 e. The van der Waals surface area contributed by atoms with Crippen molar-refractivity contribution < 1.29 is 22.3 Å². The van der Waals surface area contributed by atoms with E-state index in [0.29, 0.717) is 18.8 Å². The van der Waals surface area contributed by atoms with E-state index in [1.54, 1.807) is 35.2 Å². The summed E-state index contributed by atoms with van der Waals surface area (Å²) in [6, 6.07) is 18.5. The van der Waals surface area contributed by atoms with E-state index in [1.165, 1.54) is 16.4 Å². The Bertz CT molecular complexity index is 1190. The van der Waals surface area contributed by atoms with Crippen molar-refractivity contribution in [3.8, 4) is 5.75 Å². The highest BCUT2D eigenvalue weighted by atomic mass is 32.2. The highest BCUT2D eigenvalue weighted by Gasteiger charge is 2.30. The predicted octanol–water partition coefficient (Wildman–Crippen LogP) is 3.28. The number of benzene rings is 3. The van der Waals surface area contributed by atoms with E-state index >= 15 is 0 Å². The number of ether oxygens (including phenoxy) is 1. The number of piperazine rings is 1.